The number of benzene rings is 3. The van der Waals surface area contributed by atoms with Gasteiger partial charge in [0.25, 0.3) is 5.91 Å². The van der Waals surface area contributed by atoms with Gasteiger partial charge in [0.05, 0.1) is 29.9 Å². The van der Waals surface area contributed by atoms with E-state index in [4.69, 9.17) is 24.2 Å². The van der Waals surface area contributed by atoms with Crippen LogP contribution in [0.1, 0.15) is 84.8 Å². The summed E-state index contributed by atoms with van der Waals surface area (Å²) >= 11 is 0. The lowest BCUT2D eigenvalue weighted by Gasteiger charge is -2.59. The fraction of sp³-hybridized carbons (Fsp3) is 0.444. The highest BCUT2D eigenvalue weighted by atomic mass is 19.1. The topological polar surface area (TPSA) is 134 Å². The Morgan fingerprint density at radius 2 is 1.84 bits per heavy atom. The van der Waals surface area contributed by atoms with Gasteiger partial charge in [0.2, 0.25) is 5.79 Å². The maximum atomic E-state index is 14.6. The number of halogens is 1. The van der Waals surface area contributed by atoms with E-state index >= 15 is 0 Å². The van der Waals surface area contributed by atoms with Crippen molar-refractivity contribution in [2.75, 3.05) is 33.5 Å². The summed E-state index contributed by atoms with van der Waals surface area (Å²) in [7, 11) is 1.74. The molecule has 296 valence electrons. The van der Waals surface area contributed by atoms with Gasteiger partial charge in [-0.15, -0.1) is 6.58 Å². The van der Waals surface area contributed by atoms with Gasteiger partial charge in [0, 0.05) is 49.3 Å². The van der Waals surface area contributed by atoms with Gasteiger partial charge >= 0.3 is 0 Å². The maximum absolute atomic E-state index is 14.6. The summed E-state index contributed by atoms with van der Waals surface area (Å²) in [5.74, 6) is -1.47. The van der Waals surface area contributed by atoms with E-state index < -0.39 is 17.7 Å². The van der Waals surface area contributed by atoms with Crippen molar-refractivity contribution in [2.45, 2.75) is 76.2 Å². The van der Waals surface area contributed by atoms with Gasteiger partial charge in [-0.05, 0) is 98.5 Å². The van der Waals surface area contributed by atoms with Crippen LogP contribution in [0.25, 0.3) is 0 Å². The van der Waals surface area contributed by atoms with Crippen LogP contribution >= 0.6 is 0 Å². The van der Waals surface area contributed by atoms with E-state index in [1.807, 2.05) is 25.1 Å². The molecule has 1 amide bonds. The van der Waals surface area contributed by atoms with Gasteiger partial charge in [0.1, 0.15) is 36.6 Å². The number of nitriles is 1. The lowest BCUT2D eigenvalue weighted by Crippen LogP contribution is -2.69. The zero-order chi connectivity index (χ0) is 39.7. The van der Waals surface area contributed by atoms with Crippen LogP contribution in [-0.4, -0.2) is 72.0 Å². The molecule has 1 heterocycles. The predicted octanol–water partition coefficient (Wildman–Crippen LogP) is 7.70. The van der Waals surface area contributed by atoms with Crippen molar-refractivity contribution in [3.8, 4) is 17.6 Å². The molecule has 1 aliphatic heterocycles. The van der Waals surface area contributed by atoms with Crippen molar-refractivity contribution in [1.29, 1.82) is 5.26 Å². The molecule has 56 heavy (non-hydrogen) atoms. The van der Waals surface area contributed by atoms with Crippen molar-refractivity contribution in [2.24, 2.45) is 22.9 Å². The normalized spacial score (nSPS) is 24.2. The third-order valence-corrected chi connectivity index (χ3v) is 11.3. The second-order valence-electron chi connectivity index (χ2n) is 14.7. The Morgan fingerprint density at radius 1 is 1.09 bits per heavy atom. The number of oxime groups is 1. The van der Waals surface area contributed by atoms with Crippen molar-refractivity contribution < 1.29 is 38.4 Å². The number of hydrogen-bond acceptors (Lipinski definition) is 9. The summed E-state index contributed by atoms with van der Waals surface area (Å²) in [6, 6.07) is 20.2. The van der Waals surface area contributed by atoms with Crippen LogP contribution in [0.5, 0.6) is 11.5 Å². The van der Waals surface area contributed by atoms with Gasteiger partial charge < -0.3 is 34.2 Å². The van der Waals surface area contributed by atoms with Crippen molar-refractivity contribution in [1.82, 2.24) is 4.90 Å². The Kier molecular flexibility index (Phi) is 13.6. The molecule has 3 aromatic carbocycles. The molecule has 3 aromatic rings. The molecule has 2 N–H and O–H groups in total. The van der Waals surface area contributed by atoms with Gasteiger partial charge in [-0.1, -0.05) is 48.3 Å². The van der Waals surface area contributed by atoms with Gasteiger partial charge in [-0.3, -0.25) is 4.79 Å². The second-order valence-corrected chi connectivity index (χ2v) is 14.7. The van der Waals surface area contributed by atoms with Crippen LogP contribution in [0, 0.1) is 34.9 Å². The third-order valence-electron chi connectivity index (χ3n) is 11.3. The molecule has 11 heteroatoms. The van der Waals surface area contributed by atoms with Gasteiger partial charge in [0.15, 0.2) is 0 Å². The molecule has 2 aliphatic carbocycles. The van der Waals surface area contributed by atoms with E-state index in [9.17, 15) is 24.7 Å². The summed E-state index contributed by atoms with van der Waals surface area (Å²) in [6.45, 7) is 6.54. The number of nitrogens with zero attached hydrogens (tertiary/aromatic N) is 3. The molecule has 6 rings (SSSR count). The van der Waals surface area contributed by atoms with Crippen molar-refractivity contribution in [3.63, 3.8) is 0 Å². The summed E-state index contributed by atoms with van der Waals surface area (Å²) in [4.78, 5) is 21.8. The minimum atomic E-state index is -1.40. The molecule has 0 saturated heterocycles. The molecule has 0 bridgehead atoms. The molecule has 0 spiro atoms. The van der Waals surface area contributed by atoms with Crippen molar-refractivity contribution in [3.05, 3.63) is 119 Å². The highest BCUT2D eigenvalue weighted by Crippen LogP contribution is 2.61. The summed E-state index contributed by atoms with van der Waals surface area (Å²) in [5.41, 5.74) is 3.83. The number of aliphatic hydroxyl groups excluding tert-OH is 2. The first-order chi connectivity index (χ1) is 27.3. The van der Waals surface area contributed by atoms with Crippen LogP contribution < -0.4 is 9.47 Å². The highest BCUT2D eigenvalue weighted by Gasteiger charge is 2.65. The number of carbonyl (C=O) groups is 1. The smallest absolute Gasteiger partial charge is 0.254 e. The number of amides is 1. The molecular formula is C45H52FN3O7. The average Bonchev–Trinajstić information content (AvgIpc) is 3.22. The quantitative estimate of drug-likeness (QED) is 0.0765. The van der Waals surface area contributed by atoms with E-state index in [1.165, 1.54) is 6.07 Å². The first-order valence-corrected chi connectivity index (χ1v) is 19.6. The Morgan fingerprint density at radius 3 is 2.54 bits per heavy atom. The maximum Gasteiger partial charge on any atom is 0.254 e. The minimum Gasteiger partial charge on any atom is -0.489 e. The van der Waals surface area contributed by atoms with Gasteiger partial charge in [-0.25, -0.2) is 4.39 Å². The number of hydrogen-bond donors (Lipinski definition) is 2. The Labute approximate surface area is 328 Å². The molecule has 1 fully saturated rings. The van der Waals surface area contributed by atoms with E-state index in [-0.39, 0.29) is 62.3 Å². The Balaban J connectivity index is 1.54. The summed E-state index contributed by atoms with van der Waals surface area (Å²) < 4.78 is 35.0. The SMILES string of the molecule is C=CCO[C@@]12Oc3ccc(OCc4ccccc4F)cc3[C@H]3[C@H](CCCCO)[C@@H](CCCCO)C=C(C(=NOCC)C[C@@H]1N(C)C(=O)c1ccc(C#N)cc1)[C@H]32. The largest absolute Gasteiger partial charge is 0.489 e. The molecule has 0 unspecified atom stereocenters. The lowest BCUT2D eigenvalue weighted by molar-refractivity contribution is -0.252. The molecule has 0 aromatic heterocycles. The standard InChI is InChI=1S/C45H52FN3O7/c1-4-24-54-45-41(49(3)44(52)31-18-16-30(28-47)17-19-31)27-39(48-55-5-2)36-25-32(12-8-10-22-50)35(14-9-11-23-51)42(43(36)45)37-26-34(20-21-40(37)56-45)53-29-33-13-6-7-15-38(33)46/h4,6-7,13,15-21,25-26,32,35,41-43,50-51H,1,5,8-12,14,22-24,27,29H2,2-3H3/t32-,35+,41-,42+,43+,45+/m0/s1. The number of carbonyl (C=O) groups excluding carboxylic acids is 1. The molecule has 6 atom stereocenters. The second kappa shape index (κ2) is 18.7. The van der Waals surface area contributed by atoms with Crippen LogP contribution in [0.3, 0.4) is 0 Å². The predicted molar refractivity (Wildman–Crippen MR) is 211 cm³/mol. The fourth-order valence-corrected chi connectivity index (χ4v) is 8.77. The van der Waals surface area contributed by atoms with Crippen LogP contribution in [0.4, 0.5) is 4.39 Å². The first-order valence-electron chi connectivity index (χ1n) is 19.6. The first kappa shape index (κ1) is 40.6. The molecule has 1 saturated carbocycles. The number of ether oxygens (including phenoxy) is 3. The average molecular weight is 766 g/mol. The Hall–Kier alpha value is -5.02. The van der Waals surface area contributed by atoms with E-state index in [2.05, 4.69) is 18.7 Å². The number of aliphatic hydroxyl groups is 2. The minimum absolute atomic E-state index is 0.0387. The molecule has 0 radical (unpaired) electrons. The lowest BCUT2D eigenvalue weighted by atomic mass is 9.55. The summed E-state index contributed by atoms with van der Waals surface area (Å²) in [6.07, 6.45) is 8.74. The molecular weight excluding hydrogens is 714 g/mol. The number of unbranched alkanes of at least 4 members (excludes halogenated alkanes) is 2. The zero-order valence-corrected chi connectivity index (χ0v) is 32.2. The van der Waals surface area contributed by atoms with E-state index in [1.54, 1.807) is 60.5 Å². The molecule has 3 aliphatic rings. The number of likely N-dealkylation sites (N-methyl/N-ethyl adjacent to an activating group) is 1. The van der Waals surface area contributed by atoms with Crippen molar-refractivity contribution >= 4 is 11.6 Å². The summed E-state index contributed by atoms with van der Waals surface area (Å²) in [5, 5.41) is 33.7. The number of rotatable bonds is 18. The Bertz CT molecular complexity index is 1940. The van der Waals surface area contributed by atoms with Crippen LogP contribution in [-0.2, 0) is 16.2 Å². The van der Waals surface area contributed by atoms with Crippen LogP contribution in [0.2, 0.25) is 0 Å². The van der Waals surface area contributed by atoms with Crippen LogP contribution in [0.15, 0.2) is 96.2 Å². The third kappa shape index (κ3) is 8.38. The van der Waals surface area contributed by atoms with E-state index in [0.29, 0.717) is 53.3 Å². The van der Waals surface area contributed by atoms with Gasteiger partial charge in [-0.2, -0.15) is 5.26 Å². The number of allylic oxidation sites excluding steroid dienone is 1. The van der Waals surface area contributed by atoms with E-state index in [0.717, 1.165) is 36.8 Å². The fourth-order valence-electron chi connectivity index (χ4n) is 8.77. The highest BCUT2D eigenvalue weighted by molar-refractivity contribution is 6.03. The monoisotopic (exact) mass is 765 g/mol. The zero-order valence-electron chi connectivity index (χ0n) is 32.2. The molecule has 10 nitrogen and oxygen atoms in total. The number of fused-ring (bicyclic) bond motifs is 2.